The molecule has 0 saturated carbocycles. The summed E-state index contributed by atoms with van der Waals surface area (Å²) >= 11 is 0. The third kappa shape index (κ3) is 5.42. The van der Waals surface area contributed by atoms with Crippen molar-refractivity contribution < 1.29 is 4.74 Å². The van der Waals surface area contributed by atoms with E-state index in [9.17, 15) is 0 Å². The fourth-order valence-corrected chi connectivity index (χ4v) is 2.37. The summed E-state index contributed by atoms with van der Waals surface area (Å²) in [5, 5.41) is 0. The second-order valence-corrected chi connectivity index (χ2v) is 6.90. The van der Waals surface area contributed by atoms with E-state index in [0.717, 1.165) is 0 Å². The molecule has 0 aromatic rings. The van der Waals surface area contributed by atoms with E-state index in [-0.39, 0.29) is 10.8 Å². The van der Waals surface area contributed by atoms with Gasteiger partial charge in [0, 0.05) is 0 Å². The maximum atomic E-state index is 6.28. The highest BCUT2D eigenvalue weighted by atomic mass is 16.5. The number of hydrogen-bond donors (Lipinski definition) is 0. The fourth-order valence-electron chi connectivity index (χ4n) is 2.37. The van der Waals surface area contributed by atoms with E-state index in [1.807, 2.05) is 0 Å². The van der Waals surface area contributed by atoms with Gasteiger partial charge in [-0.15, -0.1) is 0 Å². The Bertz CT molecular complexity index is 184. The topological polar surface area (TPSA) is 9.23 Å². The molecule has 0 N–H and O–H groups in total. The van der Waals surface area contributed by atoms with Crippen LogP contribution in [-0.4, -0.2) is 12.2 Å². The second-order valence-electron chi connectivity index (χ2n) is 6.90. The second kappa shape index (κ2) is 6.78. The first-order valence-corrected chi connectivity index (χ1v) is 7.32. The summed E-state index contributed by atoms with van der Waals surface area (Å²) in [6.07, 6.45) is 5.58. The van der Waals surface area contributed by atoms with Gasteiger partial charge in [0.25, 0.3) is 0 Å². The van der Waals surface area contributed by atoms with Crippen LogP contribution in [0.1, 0.15) is 81.1 Å². The zero-order chi connectivity index (χ0) is 13.7. The molecule has 0 aliphatic carbocycles. The Hall–Kier alpha value is -0.0400. The lowest BCUT2D eigenvalue weighted by Crippen LogP contribution is -2.38. The van der Waals surface area contributed by atoms with Crippen LogP contribution in [0.15, 0.2) is 0 Å². The Morgan fingerprint density at radius 2 is 1.06 bits per heavy atom. The standard InChI is InChI=1S/C16H34O/c1-9-11-15(5,6)13(3)17-14(4)16(7,8)12-10-2/h13-14H,9-12H2,1-8H3. The summed E-state index contributed by atoms with van der Waals surface area (Å²) in [5.41, 5.74) is 0.566. The van der Waals surface area contributed by atoms with E-state index >= 15 is 0 Å². The van der Waals surface area contributed by atoms with E-state index < -0.39 is 0 Å². The summed E-state index contributed by atoms with van der Waals surface area (Å²) in [6, 6.07) is 0. The molecule has 0 rings (SSSR count). The van der Waals surface area contributed by atoms with Crippen molar-refractivity contribution in [2.75, 3.05) is 0 Å². The molecule has 2 unspecified atom stereocenters. The molecule has 0 heterocycles. The molecular formula is C16H34O. The van der Waals surface area contributed by atoms with Gasteiger partial charge >= 0.3 is 0 Å². The van der Waals surface area contributed by atoms with Gasteiger partial charge in [0.15, 0.2) is 0 Å². The van der Waals surface area contributed by atoms with Crippen molar-refractivity contribution in [3.63, 3.8) is 0 Å². The monoisotopic (exact) mass is 242 g/mol. The smallest absolute Gasteiger partial charge is 0.0601 e. The first-order chi connectivity index (χ1) is 7.67. The minimum absolute atomic E-state index is 0.283. The van der Waals surface area contributed by atoms with Gasteiger partial charge in [0.05, 0.1) is 12.2 Å². The molecule has 0 aromatic carbocycles. The molecule has 0 aliphatic rings. The van der Waals surface area contributed by atoms with Crippen molar-refractivity contribution in [3.05, 3.63) is 0 Å². The lowest BCUT2D eigenvalue weighted by molar-refractivity contribution is -0.102. The summed E-state index contributed by atoms with van der Waals surface area (Å²) in [5.74, 6) is 0. The maximum Gasteiger partial charge on any atom is 0.0601 e. The molecule has 0 bridgehead atoms. The lowest BCUT2D eigenvalue weighted by Gasteiger charge is -2.39. The molecule has 0 amide bonds. The van der Waals surface area contributed by atoms with Gasteiger partial charge in [-0.2, -0.15) is 0 Å². The molecule has 1 nitrogen and oxygen atoms in total. The molecule has 0 fully saturated rings. The van der Waals surface area contributed by atoms with Gasteiger partial charge in [-0.25, -0.2) is 0 Å². The number of rotatable bonds is 8. The Kier molecular flexibility index (Phi) is 6.76. The molecule has 2 atom stereocenters. The van der Waals surface area contributed by atoms with Gasteiger partial charge < -0.3 is 4.74 Å². The van der Waals surface area contributed by atoms with E-state index in [4.69, 9.17) is 4.74 Å². The first kappa shape index (κ1) is 17.0. The van der Waals surface area contributed by atoms with E-state index in [1.165, 1.54) is 25.7 Å². The summed E-state index contributed by atoms with van der Waals surface area (Å²) in [7, 11) is 0. The van der Waals surface area contributed by atoms with E-state index in [0.29, 0.717) is 12.2 Å². The van der Waals surface area contributed by atoms with Gasteiger partial charge in [0.1, 0.15) is 0 Å². The molecular weight excluding hydrogens is 208 g/mol. The normalized spacial score (nSPS) is 16.9. The molecule has 0 aromatic heterocycles. The molecule has 104 valence electrons. The number of hydrogen-bond acceptors (Lipinski definition) is 1. The van der Waals surface area contributed by atoms with E-state index in [1.54, 1.807) is 0 Å². The average Bonchev–Trinajstić information content (AvgIpc) is 2.17. The molecule has 0 aliphatic heterocycles. The lowest BCUT2D eigenvalue weighted by atomic mass is 9.80. The SMILES string of the molecule is CCCC(C)(C)C(C)OC(C)C(C)(C)CCC. The molecule has 0 radical (unpaired) electrons. The van der Waals surface area contributed by atoms with Crippen molar-refractivity contribution in [2.24, 2.45) is 10.8 Å². The Labute approximate surface area is 109 Å². The quantitative estimate of drug-likeness (QED) is 0.551. The highest BCUT2D eigenvalue weighted by Gasteiger charge is 2.32. The van der Waals surface area contributed by atoms with Gasteiger partial charge in [0.2, 0.25) is 0 Å². The van der Waals surface area contributed by atoms with Crippen molar-refractivity contribution in [3.8, 4) is 0 Å². The fraction of sp³-hybridized carbons (Fsp3) is 1.00. The predicted molar refractivity (Wildman–Crippen MR) is 77.4 cm³/mol. The zero-order valence-corrected chi connectivity index (χ0v) is 13.4. The minimum atomic E-state index is 0.283. The third-order valence-corrected chi connectivity index (χ3v) is 4.40. The first-order valence-electron chi connectivity index (χ1n) is 7.32. The highest BCUT2D eigenvalue weighted by Crippen LogP contribution is 2.34. The van der Waals surface area contributed by atoms with Crippen LogP contribution in [0.2, 0.25) is 0 Å². The average molecular weight is 242 g/mol. The Morgan fingerprint density at radius 3 is 1.29 bits per heavy atom. The minimum Gasteiger partial charge on any atom is -0.374 e. The van der Waals surface area contributed by atoms with Crippen LogP contribution in [0.3, 0.4) is 0 Å². The molecule has 1 heteroatoms. The van der Waals surface area contributed by atoms with Gasteiger partial charge in [-0.05, 0) is 37.5 Å². The summed E-state index contributed by atoms with van der Waals surface area (Å²) < 4.78 is 6.28. The van der Waals surface area contributed by atoms with Crippen LogP contribution in [-0.2, 0) is 4.74 Å². The Balaban J connectivity index is 4.42. The summed E-state index contributed by atoms with van der Waals surface area (Å²) in [4.78, 5) is 0. The van der Waals surface area contributed by atoms with Crippen molar-refractivity contribution in [1.82, 2.24) is 0 Å². The Morgan fingerprint density at radius 1 is 0.765 bits per heavy atom. The van der Waals surface area contributed by atoms with Crippen LogP contribution < -0.4 is 0 Å². The van der Waals surface area contributed by atoms with Crippen molar-refractivity contribution in [2.45, 2.75) is 93.3 Å². The highest BCUT2D eigenvalue weighted by molar-refractivity contribution is 4.81. The largest absolute Gasteiger partial charge is 0.374 e. The molecule has 0 saturated heterocycles. The molecule has 0 spiro atoms. The van der Waals surface area contributed by atoms with Crippen LogP contribution >= 0.6 is 0 Å². The molecule has 17 heavy (non-hydrogen) atoms. The van der Waals surface area contributed by atoms with Gasteiger partial charge in [-0.1, -0.05) is 54.4 Å². The van der Waals surface area contributed by atoms with Crippen molar-refractivity contribution >= 4 is 0 Å². The van der Waals surface area contributed by atoms with Crippen LogP contribution in [0.5, 0.6) is 0 Å². The number of ether oxygens (including phenoxy) is 1. The van der Waals surface area contributed by atoms with Crippen LogP contribution in [0, 0.1) is 10.8 Å². The summed E-state index contributed by atoms with van der Waals surface area (Å²) in [6.45, 7) is 18.2. The zero-order valence-electron chi connectivity index (χ0n) is 13.4. The van der Waals surface area contributed by atoms with Gasteiger partial charge in [-0.3, -0.25) is 0 Å². The van der Waals surface area contributed by atoms with Crippen LogP contribution in [0.25, 0.3) is 0 Å². The third-order valence-electron chi connectivity index (χ3n) is 4.40. The van der Waals surface area contributed by atoms with E-state index in [2.05, 4.69) is 55.4 Å². The van der Waals surface area contributed by atoms with Crippen LogP contribution in [0.4, 0.5) is 0 Å². The maximum absolute atomic E-state index is 6.28. The predicted octanol–water partition coefficient (Wildman–Crippen LogP) is 5.43. The van der Waals surface area contributed by atoms with Crippen molar-refractivity contribution in [1.29, 1.82) is 0 Å².